The first kappa shape index (κ1) is 14.1. The second-order valence-corrected chi connectivity index (χ2v) is 5.61. The van der Waals surface area contributed by atoms with Crippen molar-refractivity contribution in [3.05, 3.63) is 42.2 Å². The zero-order valence-electron chi connectivity index (χ0n) is 11.7. The maximum absolute atomic E-state index is 12.9. The quantitative estimate of drug-likeness (QED) is 0.904. The predicted molar refractivity (Wildman–Crippen MR) is 73.7 cm³/mol. The topological polar surface area (TPSA) is 67.1 Å². The molecule has 21 heavy (non-hydrogen) atoms. The highest BCUT2D eigenvalue weighted by atomic mass is 19.1. The molecule has 0 spiro atoms. The molecular formula is C14H18FN5O. The number of nitrogens with zero attached hydrogens (tertiary/aromatic N) is 5. The highest BCUT2D eigenvalue weighted by Crippen LogP contribution is 2.23. The molecule has 3 rings (SSSR count). The number of hydrogen-bond donors (Lipinski definition) is 1. The van der Waals surface area contributed by atoms with Gasteiger partial charge in [-0.25, -0.2) is 9.07 Å². The van der Waals surface area contributed by atoms with E-state index in [4.69, 9.17) is 0 Å². The fourth-order valence-corrected chi connectivity index (χ4v) is 2.82. The lowest BCUT2D eigenvalue weighted by Gasteiger charge is -2.38. The third kappa shape index (κ3) is 3.62. The van der Waals surface area contributed by atoms with Gasteiger partial charge in [0.1, 0.15) is 5.82 Å². The first-order chi connectivity index (χ1) is 10.1. The summed E-state index contributed by atoms with van der Waals surface area (Å²) < 4.78 is 14.5. The van der Waals surface area contributed by atoms with E-state index in [2.05, 4.69) is 20.2 Å². The van der Waals surface area contributed by atoms with E-state index in [0.717, 1.165) is 25.1 Å². The molecule has 0 bridgehead atoms. The van der Waals surface area contributed by atoms with Crippen LogP contribution in [0.4, 0.5) is 4.39 Å². The number of pyridine rings is 1. The van der Waals surface area contributed by atoms with Gasteiger partial charge in [-0.2, -0.15) is 0 Å². The Morgan fingerprint density at radius 3 is 3.00 bits per heavy atom. The van der Waals surface area contributed by atoms with Gasteiger partial charge in [0.2, 0.25) is 0 Å². The van der Waals surface area contributed by atoms with Gasteiger partial charge in [-0.3, -0.25) is 9.88 Å². The molecule has 1 saturated heterocycles. The third-order valence-corrected chi connectivity index (χ3v) is 3.74. The lowest BCUT2D eigenvalue weighted by molar-refractivity contribution is -0.0481. The van der Waals surface area contributed by atoms with Crippen molar-refractivity contribution >= 4 is 0 Å². The molecule has 3 heterocycles. The summed E-state index contributed by atoms with van der Waals surface area (Å²) >= 11 is 0. The van der Waals surface area contributed by atoms with Crippen LogP contribution < -0.4 is 0 Å². The van der Waals surface area contributed by atoms with Crippen molar-refractivity contribution in [2.24, 2.45) is 0 Å². The minimum absolute atomic E-state index is 0.333. The zero-order chi connectivity index (χ0) is 14.7. The smallest absolute Gasteiger partial charge is 0.141 e. The highest BCUT2D eigenvalue weighted by Gasteiger charge is 2.34. The van der Waals surface area contributed by atoms with E-state index in [0.29, 0.717) is 19.6 Å². The van der Waals surface area contributed by atoms with Crippen molar-refractivity contribution in [3.63, 3.8) is 0 Å². The van der Waals surface area contributed by atoms with Gasteiger partial charge in [0.15, 0.2) is 0 Å². The van der Waals surface area contributed by atoms with E-state index in [1.165, 1.54) is 12.3 Å². The Balaban J connectivity index is 1.63. The van der Waals surface area contributed by atoms with Gasteiger partial charge in [0.25, 0.3) is 0 Å². The molecule has 1 unspecified atom stereocenters. The van der Waals surface area contributed by atoms with E-state index in [1.54, 1.807) is 23.1 Å². The molecule has 2 aromatic heterocycles. The minimum Gasteiger partial charge on any atom is -0.387 e. The molecule has 1 atom stereocenters. The van der Waals surface area contributed by atoms with Gasteiger partial charge in [-0.1, -0.05) is 5.21 Å². The number of aromatic nitrogens is 4. The summed E-state index contributed by atoms with van der Waals surface area (Å²) in [6.45, 7) is 2.49. The molecule has 1 N–H and O–H groups in total. The van der Waals surface area contributed by atoms with Crippen molar-refractivity contribution in [2.75, 3.05) is 13.1 Å². The van der Waals surface area contributed by atoms with Crippen LogP contribution in [0.25, 0.3) is 0 Å². The normalized spacial score (nSPS) is 23.3. The molecular weight excluding hydrogens is 273 g/mol. The summed E-state index contributed by atoms with van der Waals surface area (Å²) in [4.78, 5) is 6.21. The van der Waals surface area contributed by atoms with Gasteiger partial charge in [0.05, 0.1) is 30.2 Å². The second-order valence-electron chi connectivity index (χ2n) is 5.61. The average molecular weight is 291 g/mol. The number of β-amino-alcohol motifs (C(OH)–C–C–N with tert-alkyl or cyclic N) is 1. The molecule has 0 radical (unpaired) electrons. The highest BCUT2D eigenvalue weighted by molar-refractivity contribution is 5.05. The average Bonchev–Trinajstić information content (AvgIpc) is 2.93. The summed E-state index contributed by atoms with van der Waals surface area (Å²) in [7, 11) is 0. The van der Waals surface area contributed by atoms with Crippen LogP contribution >= 0.6 is 0 Å². The summed E-state index contributed by atoms with van der Waals surface area (Å²) in [6, 6.07) is 3.09. The van der Waals surface area contributed by atoms with E-state index >= 15 is 0 Å². The number of hydrogen-bond acceptors (Lipinski definition) is 5. The first-order valence-corrected chi connectivity index (χ1v) is 7.02. The maximum atomic E-state index is 12.9. The van der Waals surface area contributed by atoms with Crippen LogP contribution in [-0.2, 0) is 13.1 Å². The maximum Gasteiger partial charge on any atom is 0.141 e. The molecule has 2 aromatic rings. The Labute approximate surface area is 122 Å². The third-order valence-electron chi connectivity index (χ3n) is 3.74. The van der Waals surface area contributed by atoms with E-state index < -0.39 is 5.60 Å². The lowest BCUT2D eigenvalue weighted by Crippen LogP contribution is -2.50. The molecule has 0 saturated carbocycles. The summed E-state index contributed by atoms with van der Waals surface area (Å²) in [5, 5.41) is 18.4. The van der Waals surface area contributed by atoms with Crippen molar-refractivity contribution in [1.29, 1.82) is 0 Å². The molecule has 0 aromatic carbocycles. The van der Waals surface area contributed by atoms with Crippen LogP contribution in [0.2, 0.25) is 0 Å². The van der Waals surface area contributed by atoms with Crippen LogP contribution in [0.15, 0.2) is 30.7 Å². The molecule has 0 aliphatic carbocycles. The number of aliphatic hydroxyl groups is 1. The van der Waals surface area contributed by atoms with Gasteiger partial charge >= 0.3 is 0 Å². The molecule has 112 valence electrons. The van der Waals surface area contributed by atoms with Crippen LogP contribution in [0.3, 0.4) is 0 Å². The largest absolute Gasteiger partial charge is 0.387 e. The van der Waals surface area contributed by atoms with Crippen LogP contribution in [0.5, 0.6) is 0 Å². The number of piperidine rings is 1. The Bertz CT molecular complexity index is 574. The summed E-state index contributed by atoms with van der Waals surface area (Å²) in [5.41, 5.74) is -0.00665. The lowest BCUT2D eigenvalue weighted by atomic mass is 9.92. The zero-order valence-corrected chi connectivity index (χ0v) is 11.7. The summed E-state index contributed by atoms with van der Waals surface area (Å²) in [5.74, 6) is -0.333. The van der Waals surface area contributed by atoms with Gasteiger partial charge < -0.3 is 5.11 Å². The molecule has 6 nitrogen and oxygen atoms in total. The molecule has 0 amide bonds. The van der Waals surface area contributed by atoms with E-state index in [9.17, 15) is 9.50 Å². The fraction of sp³-hybridized carbons (Fsp3) is 0.500. The van der Waals surface area contributed by atoms with Gasteiger partial charge in [-0.05, 0) is 31.5 Å². The first-order valence-electron chi connectivity index (χ1n) is 7.02. The van der Waals surface area contributed by atoms with Crippen molar-refractivity contribution < 1.29 is 9.50 Å². The standard InChI is InChI=1S/C14H18FN5O/c15-12-2-3-13(16-8-12)9-19-6-1-4-14(21,10-19)11-20-7-5-17-18-20/h2-3,5,7-8,21H,1,4,6,9-11H2. The predicted octanol–water partition coefficient (Wildman–Crippen LogP) is 0.839. The van der Waals surface area contributed by atoms with E-state index in [-0.39, 0.29) is 5.82 Å². The van der Waals surface area contributed by atoms with Crippen LogP contribution in [-0.4, -0.2) is 48.7 Å². The molecule has 1 fully saturated rings. The molecule has 1 aliphatic heterocycles. The number of rotatable bonds is 4. The summed E-state index contributed by atoms with van der Waals surface area (Å²) in [6.07, 6.45) is 6.22. The van der Waals surface area contributed by atoms with Crippen LogP contribution in [0.1, 0.15) is 18.5 Å². The monoisotopic (exact) mass is 291 g/mol. The van der Waals surface area contributed by atoms with Crippen molar-refractivity contribution in [3.8, 4) is 0 Å². The second kappa shape index (κ2) is 5.87. The van der Waals surface area contributed by atoms with Crippen molar-refractivity contribution in [2.45, 2.75) is 31.5 Å². The number of likely N-dealkylation sites (tertiary alicyclic amines) is 1. The Morgan fingerprint density at radius 2 is 2.29 bits per heavy atom. The van der Waals surface area contributed by atoms with Gasteiger partial charge in [-0.15, -0.1) is 5.10 Å². The Hall–Kier alpha value is -1.86. The fourth-order valence-electron chi connectivity index (χ4n) is 2.82. The van der Waals surface area contributed by atoms with Crippen molar-refractivity contribution in [1.82, 2.24) is 24.9 Å². The SMILES string of the molecule is OC1(Cn2ccnn2)CCCN(Cc2ccc(F)cn2)C1. The Morgan fingerprint density at radius 1 is 1.38 bits per heavy atom. The molecule has 1 aliphatic rings. The molecule has 7 heteroatoms. The van der Waals surface area contributed by atoms with Gasteiger partial charge in [0, 0.05) is 19.3 Å². The van der Waals surface area contributed by atoms with Crippen LogP contribution in [0, 0.1) is 5.82 Å². The number of halogens is 1. The minimum atomic E-state index is -0.814. The van der Waals surface area contributed by atoms with E-state index in [1.807, 2.05) is 0 Å². The Kier molecular flexibility index (Phi) is 3.94.